The van der Waals surface area contributed by atoms with Gasteiger partial charge in [-0.25, -0.2) is 9.78 Å². The molecule has 0 unspecified atom stereocenters. The fourth-order valence-corrected chi connectivity index (χ4v) is 3.89. The first-order chi connectivity index (χ1) is 13.3. The van der Waals surface area contributed by atoms with Crippen LogP contribution in [-0.2, 0) is 4.79 Å². The second-order valence-corrected chi connectivity index (χ2v) is 8.39. The second-order valence-electron chi connectivity index (χ2n) is 8.39. The monoisotopic (exact) mass is 386 g/mol. The summed E-state index contributed by atoms with van der Waals surface area (Å²) in [6, 6.07) is 5.47. The van der Waals surface area contributed by atoms with Crippen LogP contribution >= 0.6 is 0 Å². The number of rotatable bonds is 7. The highest BCUT2D eigenvalue weighted by Crippen LogP contribution is 2.38. The maximum Gasteiger partial charge on any atom is 0.315 e. The van der Waals surface area contributed by atoms with Gasteiger partial charge in [0.05, 0.1) is 0 Å². The number of nitrogens with one attached hydrogen (secondary N) is 3. The van der Waals surface area contributed by atoms with Crippen molar-refractivity contribution >= 4 is 17.8 Å². The standard InChI is InChI=1S/C22H34N4O2/c1-14(2)19-11-17(12-21(27)26-20-8-6-7-9-23-20)16(5)10-18(19)13-24-22(28)25-15(3)4/h6-10,14-15,17-19H,11-13H2,1-5H3,(H,23,26,27)(H2,24,25,28)/t17-,18-,19-/m0/s1. The zero-order valence-corrected chi connectivity index (χ0v) is 17.7. The summed E-state index contributed by atoms with van der Waals surface area (Å²) in [5.74, 6) is 1.99. The van der Waals surface area contributed by atoms with Crippen LogP contribution in [0.1, 0.15) is 47.5 Å². The van der Waals surface area contributed by atoms with Crippen molar-refractivity contribution in [2.24, 2.45) is 23.7 Å². The van der Waals surface area contributed by atoms with Gasteiger partial charge in [0.15, 0.2) is 0 Å². The minimum atomic E-state index is -0.125. The smallest absolute Gasteiger partial charge is 0.315 e. The number of aromatic nitrogens is 1. The maximum absolute atomic E-state index is 12.5. The largest absolute Gasteiger partial charge is 0.338 e. The lowest BCUT2D eigenvalue weighted by Crippen LogP contribution is -2.43. The Bertz CT molecular complexity index is 685. The van der Waals surface area contributed by atoms with Gasteiger partial charge < -0.3 is 16.0 Å². The Hall–Kier alpha value is -2.37. The molecule has 1 heterocycles. The fraction of sp³-hybridized carbons (Fsp3) is 0.591. The van der Waals surface area contributed by atoms with Crippen molar-refractivity contribution in [2.75, 3.05) is 11.9 Å². The molecule has 0 saturated heterocycles. The number of carbonyl (C=O) groups excluding carboxylic acids is 2. The minimum absolute atomic E-state index is 0.00755. The average molecular weight is 387 g/mol. The van der Waals surface area contributed by atoms with Gasteiger partial charge >= 0.3 is 6.03 Å². The lowest BCUT2D eigenvalue weighted by molar-refractivity contribution is -0.117. The molecule has 6 nitrogen and oxygen atoms in total. The Morgan fingerprint density at radius 3 is 2.57 bits per heavy atom. The molecule has 0 saturated carbocycles. The summed E-state index contributed by atoms with van der Waals surface area (Å²) in [5, 5.41) is 8.74. The summed E-state index contributed by atoms with van der Waals surface area (Å²) in [5.41, 5.74) is 1.23. The first kappa shape index (κ1) is 21.9. The van der Waals surface area contributed by atoms with Gasteiger partial charge in [0, 0.05) is 25.2 Å². The van der Waals surface area contributed by atoms with Crippen molar-refractivity contribution in [3.8, 4) is 0 Å². The van der Waals surface area contributed by atoms with Gasteiger partial charge in [0.25, 0.3) is 0 Å². The van der Waals surface area contributed by atoms with E-state index in [0.29, 0.717) is 30.6 Å². The van der Waals surface area contributed by atoms with E-state index in [0.717, 1.165) is 6.42 Å². The molecule has 2 rings (SSSR count). The van der Waals surface area contributed by atoms with Crippen molar-refractivity contribution in [3.63, 3.8) is 0 Å². The number of carbonyl (C=O) groups is 2. The van der Waals surface area contributed by atoms with E-state index in [9.17, 15) is 9.59 Å². The Kier molecular flexibility index (Phi) is 8.03. The van der Waals surface area contributed by atoms with Crippen LogP contribution in [0, 0.1) is 23.7 Å². The number of allylic oxidation sites excluding steroid dienone is 1. The third-order valence-electron chi connectivity index (χ3n) is 5.37. The maximum atomic E-state index is 12.5. The molecule has 6 heteroatoms. The number of anilines is 1. The van der Waals surface area contributed by atoms with Crippen LogP contribution in [0.3, 0.4) is 0 Å². The quantitative estimate of drug-likeness (QED) is 0.620. The first-order valence-electron chi connectivity index (χ1n) is 10.2. The molecule has 0 aromatic carbocycles. The summed E-state index contributed by atoms with van der Waals surface area (Å²) < 4.78 is 0. The van der Waals surface area contributed by atoms with Crippen LogP contribution in [0.2, 0.25) is 0 Å². The zero-order chi connectivity index (χ0) is 20.7. The minimum Gasteiger partial charge on any atom is -0.338 e. The van der Waals surface area contributed by atoms with Gasteiger partial charge in [-0.15, -0.1) is 0 Å². The lowest BCUT2D eigenvalue weighted by Gasteiger charge is -2.37. The molecular formula is C22H34N4O2. The predicted molar refractivity (Wildman–Crippen MR) is 113 cm³/mol. The zero-order valence-electron chi connectivity index (χ0n) is 17.7. The Morgan fingerprint density at radius 1 is 1.21 bits per heavy atom. The molecule has 0 fully saturated rings. The van der Waals surface area contributed by atoms with Crippen molar-refractivity contribution < 1.29 is 9.59 Å². The topological polar surface area (TPSA) is 83.1 Å². The van der Waals surface area contributed by atoms with Crippen LogP contribution in [0.25, 0.3) is 0 Å². The van der Waals surface area contributed by atoms with Crippen LogP contribution < -0.4 is 16.0 Å². The van der Waals surface area contributed by atoms with Crippen molar-refractivity contribution in [1.29, 1.82) is 0 Å². The number of hydrogen-bond acceptors (Lipinski definition) is 3. The summed E-state index contributed by atoms with van der Waals surface area (Å²) >= 11 is 0. The highest BCUT2D eigenvalue weighted by atomic mass is 16.2. The Morgan fingerprint density at radius 2 is 1.96 bits per heavy atom. The molecule has 0 radical (unpaired) electrons. The molecule has 3 amide bonds. The molecule has 1 aliphatic carbocycles. The first-order valence-corrected chi connectivity index (χ1v) is 10.2. The highest BCUT2D eigenvalue weighted by Gasteiger charge is 2.32. The summed E-state index contributed by atoms with van der Waals surface area (Å²) in [6.45, 7) is 11.0. The van der Waals surface area contributed by atoms with Gasteiger partial charge in [-0.1, -0.05) is 31.6 Å². The molecule has 1 aromatic rings. The molecule has 3 N–H and O–H groups in total. The van der Waals surface area contributed by atoms with Gasteiger partial charge in [0.1, 0.15) is 5.82 Å². The van der Waals surface area contributed by atoms with Gasteiger partial charge in [0.2, 0.25) is 5.91 Å². The van der Waals surface area contributed by atoms with E-state index < -0.39 is 0 Å². The summed E-state index contributed by atoms with van der Waals surface area (Å²) in [7, 11) is 0. The van der Waals surface area contributed by atoms with E-state index in [1.165, 1.54) is 5.57 Å². The predicted octanol–water partition coefficient (Wildman–Crippen LogP) is 3.97. The number of pyridine rings is 1. The van der Waals surface area contributed by atoms with E-state index in [1.54, 1.807) is 12.3 Å². The van der Waals surface area contributed by atoms with Crippen molar-refractivity contribution in [3.05, 3.63) is 36.0 Å². The number of amides is 3. The van der Waals surface area contributed by atoms with E-state index >= 15 is 0 Å². The molecule has 28 heavy (non-hydrogen) atoms. The average Bonchev–Trinajstić information content (AvgIpc) is 2.61. The number of urea groups is 1. The van der Waals surface area contributed by atoms with E-state index in [1.807, 2.05) is 26.0 Å². The van der Waals surface area contributed by atoms with Gasteiger partial charge in [-0.3, -0.25) is 4.79 Å². The molecule has 1 aliphatic rings. The molecule has 0 aliphatic heterocycles. The normalized spacial score (nSPS) is 22.0. The Labute approximate surface area is 168 Å². The third-order valence-corrected chi connectivity index (χ3v) is 5.37. The van der Waals surface area contributed by atoms with Gasteiger partial charge in [-0.2, -0.15) is 0 Å². The van der Waals surface area contributed by atoms with Crippen LogP contribution in [-0.4, -0.2) is 29.5 Å². The lowest BCUT2D eigenvalue weighted by atomic mass is 9.70. The Balaban J connectivity index is 1.98. The van der Waals surface area contributed by atoms with Crippen molar-refractivity contribution in [2.45, 2.75) is 53.5 Å². The fourth-order valence-electron chi connectivity index (χ4n) is 3.89. The van der Waals surface area contributed by atoms with Crippen LogP contribution in [0.5, 0.6) is 0 Å². The molecule has 0 bridgehead atoms. The van der Waals surface area contributed by atoms with Crippen LogP contribution in [0.15, 0.2) is 36.0 Å². The molecule has 0 spiro atoms. The van der Waals surface area contributed by atoms with Crippen molar-refractivity contribution in [1.82, 2.24) is 15.6 Å². The molecular weight excluding hydrogens is 352 g/mol. The van der Waals surface area contributed by atoms with Crippen LogP contribution in [0.4, 0.5) is 10.6 Å². The number of nitrogens with zero attached hydrogens (tertiary/aromatic N) is 1. The summed E-state index contributed by atoms with van der Waals surface area (Å²) in [4.78, 5) is 28.5. The van der Waals surface area contributed by atoms with Gasteiger partial charge in [-0.05, 0) is 63.0 Å². The van der Waals surface area contributed by atoms with E-state index in [2.05, 4.69) is 47.8 Å². The van der Waals surface area contributed by atoms with E-state index in [4.69, 9.17) is 0 Å². The molecule has 3 atom stereocenters. The number of hydrogen-bond donors (Lipinski definition) is 3. The summed E-state index contributed by atoms with van der Waals surface area (Å²) in [6.07, 6.45) is 5.33. The SMILES string of the molecule is CC1=C[C@@H](CNC(=O)NC(C)C)[C@H](C(C)C)C[C@H]1CC(=O)Nc1ccccn1. The molecule has 154 valence electrons. The molecule has 1 aromatic heterocycles. The van der Waals surface area contributed by atoms with E-state index in [-0.39, 0.29) is 29.8 Å². The highest BCUT2D eigenvalue weighted by molar-refractivity contribution is 5.90. The third kappa shape index (κ3) is 6.66. The second kappa shape index (κ2) is 10.2.